The highest BCUT2D eigenvalue weighted by Crippen LogP contribution is 2.15. The minimum Gasteiger partial charge on any atom is -0.492 e. The van der Waals surface area contributed by atoms with Crippen LogP contribution in [-0.2, 0) is 4.79 Å². The number of nitrogens with one attached hydrogen (secondary N) is 2. The quantitative estimate of drug-likeness (QED) is 0.749. The number of hydrogen-bond acceptors (Lipinski definition) is 2. The van der Waals surface area contributed by atoms with Crippen LogP contribution in [-0.4, -0.2) is 38.7 Å². The molecule has 1 aliphatic rings. The van der Waals surface area contributed by atoms with Crippen LogP contribution in [0.4, 0.5) is 0 Å². The molecule has 1 aromatic rings. The van der Waals surface area contributed by atoms with Crippen LogP contribution in [0.2, 0.25) is 5.02 Å². The highest BCUT2D eigenvalue weighted by Gasteiger charge is 2.22. The van der Waals surface area contributed by atoms with Crippen molar-refractivity contribution in [2.24, 2.45) is 0 Å². The fourth-order valence-corrected chi connectivity index (χ4v) is 3.07. The number of ether oxygens (including phenoxy) is 1. The molecule has 0 spiro atoms. The predicted molar refractivity (Wildman–Crippen MR) is 88.6 cm³/mol. The number of amides is 1. The first-order chi connectivity index (χ1) is 10.6. The Kier molecular flexibility index (Phi) is 7.00. The van der Waals surface area contributed by atoms with Gasteiger partial charge in [0.25, 0.3) is 5.91 Å². The van der Waals surface area contributed by atoms with Crippen LogP contribution >= 0.6 is 11.6 Å². The van der Waals surface area contributed by atoms with Gasteiger partial charge < -0.3 is 15.0 Å². The molecule has 0 bridgehead atoms. The van der Waals surface area contributed by atoms with Gasteiger partial charge in [0, 0.05) is 5.02 Å². The number of carbonyl (C=O) groups is 1. The van der Waals surface area contributed by atoms with Crippen LogP contribution in [0.15, 0.2) is 24.3 Å². The standard InChI is InChI=1S/C17H25ClN2O2/c1-20(15-5-3-2-4-6-15)13-17(21)19-11-12-22-16-9-7-14(18)8-10-16/h7-10,15H,2-6,11-13H2,1H3,(H,19,21)/p+1. The first-order valence-corrected chi connectivity index (χ1v) is 8.50. The number of rotatable bonds is 7. The van der Waals surface area contributed by atoms with E-state index in [9.17, 15) is 4.79 Å². The van der Waals surface area contributed by atoms with Crippen LogP contribution in [0, 0.1) is 0 Å². The SMILES string of the molecule is C[NH+](CC(=O)NCCOc1ccc(Cl)cc1)C1CCCCC1. The summed E-state index contributed by atoms with van der Waals surface area (Å²) >= 11 is 5.81. The molecule has 1 amide bonds. The second kappa shape index (κ2) is 9.01. The van der Waals surface area contributed by atoms with E-state index in [2.05, 4.69) is 12.4 Å². The van der Waals surface area contributed by atoms with Crippen molar-refractivity contribution < 1.29 is 14.4 Å². The smallest absolute Gasteiger partial charge is 0.275 e. The topological polar surface area (TPSA) is 42.8 Å². The van der Waals surface area contributed by atoms with Crippen LogP contribution in [0.5, 0.6) is 5.75 Å². The number of hydrogen-bond donors (Lipinski definition) is 2. The average Bonchev–Trinajstić information content (AvgIpc) is 2.54. The van der Waals surface area contributed by atoms with Crippen molar-refractivity contribution in [1.29, 1.82) is 0 Å². The molecule has 4 nitrogen and oxygen atoms in total. The van der Waals surface area contributed by atoms with Crippen molar-refractivity contribution >= 4 is 17.5 Å². The molecular weight excluding hydrogens is 300 g/mol. The number of halogens is 1. The van der Waals surface area contributed by atoms with E-state index < -0.39 is 0 Å². The monoisotopic (exact) mass is 325 g/mol. The summed E-state index contributed by atoms with van der Waals surface area (Å²) in [6, 6.07) is 7.87. The van der Waals surface area contributed by atoms with Gasteiger partial charge in [-0.05, 0) is 49.9 Å². The van der Waals surface area contributed by atoms with E-state index in [1.807, 2.05) is 12.1 Å². The molecule has 0 aromatic heterocycles. The van der Waals surface area contributed by atoms with E-state index in [-0.39, 0.29) is 5.91 Å². The van der Waals surface area contributed by atoms with E-state index >= 15 is 0 Å². The van der Waals surface area contributed by atoms with Gasteiger partial charge in [-0.2, -0.15) is 0 Å². The molecule has 1 fully saturated rings. The van der Waals surface area contributed by atoms with E-state index in [4.69, 9.17) is 16.3 Å². The molecule has 0 radical (unpaired) electrons. The second-order valence-electron chi connectivity index (χ2n) is 6.01. The largest absolute Gasteiger partial charge is 0.492 e. The summed E-state index contributed by atoms with van der Waals surface area (Å²) in [5, 5.41) is 3.61. The van der Waals surface area contributed by atoms with Crippen molar-refractivity contribution in [3.63, 3.8) is 0 Å². The fourth-order valence-electron chi connectivity index (χ4n) is 2.95. The second-order valence-corrected chi connectivity index (χ2v) is 6.45. The van der Waals surface area contributed by atoms with Crippen molar-refractivity contribution in [1.82, 2.24) is 5.32 Å². The molecule has 0 aliphatic heterocycles. The summed E-state index contributed by atoms with van der Waals surface area (Å²) in [7, 11) is 2.12. The van der Waals surface area contributed by atoms with Crippen LogP contribution in [0.3, 0.4) is 0 Å². The Balaban J connectivity index is 1.60. The molecule has 1 aliphatic carbocycles. The zero-order valence-corrected chi connectivity index (χ0v) is 14.0. The first-order valence-electron chi connectivity index (χ1n) is 8.12. The molecule has 2 N–H and O–H groups in total. The van der Waals surface area contributed by atoms with E-state index in [0.29, 0.717) is 30.8 Å². The summed E-state index contributed by atoms with van der Waals surface area (Å²) in [5.41, 5.74) is 0. The van der Waals surface area contributed by atoms with Gasteiger partial charge in [-0.1, -0.05) is 18.0 Å². The van der Waals surface area contributed by atoms with Gasteiger partial charge in [-0.3, -0.25) is 4.79 Å². The van der Waals surface area contributed by atoms with Crippen molar-refractivity contribution in [2.75, 3.05) is 26.7 Å². The zero-order chi connectivity index (χ0) is 15.8. The summed E-state index contributed by atoms with van der Waals surface area (Å²) in [4.78, 5) is 13.3. The number of likely N-dealkylation sites (N-methyl/N-ethyl adjacent to an activating group) is 1. The fraction of sp³-hybridized carbons (Fsp3) is 0.588. The lowest BCUT2D eigenvalue weighted by atomic mass is 9.94. The Bertz CT molecular complexity index is 458. The molecule has 0 saturated heterocycles. The maximum atomic E-state index is 11.9. The summed E-state index contributed by atoms with van der Waals surface area (Å²) in [6.07, 6.45) is 6.45. The summed E-state index contributed by atoms with van der Waals surface area (Å²) in [5.74, 6) is 0.867. The Labute approximate surface area is 137 Å². The van der Waals surface area contributed by atoms with Gasteiger partial charge in [0.05, 0.1) is 19.6 Å². The van der Waals surface area contributed by atoms with Crippen LogP contribution in [0.25, 0.3) is 0 Å². The van der Waals surface area contributed by atoms with Gasteiger partial charge in [0.1, 0.15) is 12.4 Å². The third-order valence-corrected chi connectivity index (χ3v) is 4.50. The minimum atomic E-state index is 0.0998. The molecule has 1 atom stereocenters. The lowest BCUT2D eigenvalue weighted by Crippen LogP contribution is -3.14. The van der Waals surface area contributed by atoms with Gasteiger partial charge >= 0.3 is 0 Å². The van der Waals surface area contributed by atoms with Crippen LogP contribution in [0.1, 0.15) is 32.1 Å². The van der Waals surface area contributed by atoms with Crippen molar-refractivity contribution in [3.8, 4) is 5.75 Å². The first kappa shape index (κ1) is 17.1. The number of benzene rings is 1. The van der Waals surface area contributed by atoms with Gasteiger partial charge in [-0.15, -0.1) is 0 Å². The van der Waals surface area contributed by atoms with E-state index in [1.54, 1.807) is 12.1 Å². The molecule has 1 unspecified atom stereocenters. The summed E-state index contributed by atoms with van der Waals surface area (Å²) < 4.78 is 5.55. The van der Waals surface area contributed by atoms with E-state index in [1.165, 1.54) is 37.0 Å². The third kappa shape index (κ3) is 5.85. The lowest BCUT2D eigenvalue weighted by molar-refractivity contribution is -0.899. The Morgan fingerprint density at radius 3 is 2.64 bits per heavy atom. The van der Waals surface area contributed by atoms with Crippen LogP contribution < -0.4 is 15.0 Å². The molecule has 122 valence electrons. The zero-order valence-electron chi connectivity index (χ0n) is 13.2. The number of quaternary nitrogens is 1. The van der Waals surface area contributed by atoms with Gasteiger partial charge in [0.2, 0.25) is 0 Å². The van der Waals surface area contributed by atoms with Gasteiger partial charge in [-0.25, -0.2) is 0 Å². The normalized spacial score (nSPS) is 17.0. The van der Waals surface area contributed by atoms with Crippen molar-refractivity contribution in [3.05, 3.63) is 29.3 Å². The Hall–Kier alpha value is -1.26. The molecule has 1 aromatic carbocycles. The van der Waals surface area contributed by atoms with E-state index in [0.717, 1.165) is 5.75 Å². The van der Waals surface area contributed by atoms with Gasteiger partial charge in [0.15, 0.2) is 6.54 Å². The molecule has 2 rings (SSSR count). The molecule has 5 heteroatoms. The minimum absolute atomic E-state index is 0.0998. The van der Waals surface area contributed by atoms with Crippen molar-refractivity contribution in [2.45, 2.75) is 38.1 Å². The summed E-state index contributed by atoms with van der Waals surface area (Å²) in [6.45, 7) is 1.54. The predicted octanol–water partition coefficient (Wildman–Crippen LogP) is 1.68. The molecular formula is C17H26ClN2O2+. The Morgan fingerprint density at radius 2 is 1.95 bits per heavy atom. The maximum Gasteiger partial charge on any atom is 0.275 e. The third-order valence-electron chi connectivity index (χ3n) is 4.25. The molecule has 22 heavy (non-hydrogen) atoms. The lowest BCUT2D eigenvalue weighted by Gasteiger charge is -2.27. The number of carbonyl (C=O) groups excluding carboxylic acids is 1. The molecule has 1 saturated carbocycles. The Morgan fingerprint density at radius 1 is 1.27 bits per heavy atom. The highest BCUT2D eigenvalue weighted by atomic mass is 35.5. The highest BCUT2D eigenvalue weighted by molar-refractivity contribution is 6.30. The average molecular weight is 326 g/mol. The maximum absolute atomic E-state index is 11.9. The molecule has 0 heterocycles.